The number of terminal acetylenes is 1. The van der Waals surface area contributed by atoms with Crippen molar-refractivity contribution in [3.8, 4) is 12.3 Å². The Balaban J connectivity index is 3.33. The summed E-state index contributed by atoms with van der Waals surface area (Å²) in [6.07, 6.45) is 22.5. The molecule has 0 heterocycles. The summed E-state index contributed by atoms with van der Waals surface area (Å²) in [6.45, 7) is 2.44. The number of nitrogens with zero attached hydrogens (tertiary/aromatic N) is 1. The Hall–Kier alpha value is -1.70. The molecule has 0 bridgehead atoms. The zero-order valence-electron chi connectivity index (χ0n) is 18.2. The van der Waals surface area contributed by atoms with E-state index in [-0.39, 0.29) is 13.2 Å². The number of carbonyl (C=O) groups excluding carboxylic acids is 2. The molecule has 0 atom stereocenters. The van der Waals surface area contributed by atoms with Gasteiger partial charge in [-0.3, -0.25) is 4.79 Å². The summed E-state index contributed by atoms with van der Waals surface area (Å²) >= 11 is 0. The van der Waals surface area contributed by atoms with Crippen molar-refractivity contribution >= 4 is 12.1 Å². The van der Waals surface area contributed by atoms with Crippen LogP contribution in [0.5, 0.6) is 0 Å². The fourth-order valence-corrected chi connectivity index (χ4v) is 3.00. The van der Waals surface area contributed by atoms with Crippen LogP contribution in [0.3, 0.4) is 0 Å². The normalized spacial score (nSPS) is 10.3. The molecular formula is C23H41NO4. The van der Waals surface area contributed by atoms with Crippen LogP contribution in [-0.4, -0.2) is 43.8 Å². The summed E-state index contributed by atoms with van der Waals surface area (Å²) in [5.74, 6) is 1.78. The van der Waals surface area contributed by atoms with Gasteiger partial charge in [0, 0.05) is 7.05 Å². The lowest BCUT2D eigenvalue weighted by Gasteiger charge is -2.15. The molecular weight excluding hydrogens is 354 g/mol. The molecule has 1 amide bonds. The fourth-order valence-electron chi connectivity index (χ4n) is 3.00. The predicted octanol–water partition coefficient (Wildman–Crippen LogP) is 5.71. The van der Waals surface area contributed by atoms with Crippen LogP contribution >= 0.6 is 0 Å². The summed E-state index contributed by atoms with van der Waals surface area (Å²) in [4.78, 5) is 24.3. The van der Waals surface area contributed by atoms with Crippen molar-refractivity contribution in [2.45, 2.75) is 96.8 Å². The lowest BCUT2D eigenvalue weighted by atomic mass is 10.0. The maximum absolute atomic E-state index is 11.7. The molecule has 0 aliphatic heterocycles. The predicted molar refractivity (Wildman–Crippen MR) is 114 cm³/mol. The largest absolute Gasteiger partial charge is 0.464 e. The smallest absolute Gasteiger partial charge is 0.410 e. The SMILES string of the molecule is C#CCOC(=O)N(C)CC(=O)OCCCCCCCCCCCCCCCC. The third kappa shape index (κ3) is 17.7. The van der Waals surface area contributed by atoms with Crippen molar-refractivity contribution in [1.82, 2.24) is 4.90 Å². The molecule has 0 radical (unpaired) electrons. The summed E-state index contributed by atoms with van der Waals surface area (Å²) in [7, 11) is 1.48. The Bertz CT molecular complexity index is 431. The lowest BCUT2D eigenvalue weighted by molar-refractivity contribution is -0.144. The van der Waals surface area contributed by atoms with Gasteiger partial charge in [0.2, 0.25) is 0 Å². The highest BCUT2D eigenvalue weighted by molar-refractivity contribution is 5.77. The number of esters is 1. The molecule has 28 heavy (non-hydrogen) atoms. The zero-order valence-corrected chi connectivity index (χ0v) is 18.2. The molecule has 0 unspecified atom stereocenters. The van der Waals surface area contributed by atoms with E-state index in [1.165, 1.54) is 84.1 Å². The minimum atomic E-state index is -0.619. The maximum Gasteiger partial charge on any atom is 0.410 e. The van der Waals surface area contributed by atoms with Gasteiger partial charge in [-0.1, -0.05) is 96.3 Å². The molecule has 0 aromatic carbocycles. The van der Waals surface area contributed by atoms with Gasteiger partial charge in [0.05, 0.1) is 6.61 Å². The van der Waals surface area contributed by atoms with Crippen LogP contribution in [0.2, 0.25) is 0 Å². The van der Waals surface area contributed by atoms with Gasteiger partial charge < -0.3 is 14.4 Å². The number of carbonyl (C=O) groups is 2. The van der Waals surface area contributed by atoms with E-state index in [4.69, 9.17) is 15.9 Å². The quantitative estimate of drug-likeness (QED) is 0.169. The van der Waals surface area contributed by atoms with Gasteiger partial charge in [0.1, 0.15) is 6.54 Å². The first kappa shape index (κ1) is 26.3. The molecule has 0 aromatic rings. The molecule has 0 aromatic heterocycles. The van der Waals surface area contributed by atoms with Crippen molar-refractivity contribution in [3.63, 3.8) is 0 Å². The van der Waals surface area contributed by atoms with E-state index in [1.54, 1.807) is 0 Å². The Morgan fingerprint density at radius 1 is 0.786 bits per heavy atom. The second-order valence-electron chi connectivity index (χ2n) is 7.43. The van der Waals surface area contributed by atoms with Crippen molar-refractivity contribution in [3.05, 3.63) is 0 Å². The standard InChI is InChI=1S/C23H41NO4/c1-4-6-7-8-9-10-11-12-13-14-15-16-17-18-20-27-22(25)21-24(3)23(26)28-19-5-2/h2H,4,6-21H2,1,3H3. The van der Waals surface area contributed by atoms with Crippen LogP contribution in [0.4, 0.5) is 4.79 Å². The average molecular weight is 396 g/mol. The topological polar surface area (TPSA) is 55.8 Å². The summed E-state index contributed by atoms with van der Waals surface area (Å²) < 4.78 is 9.87. The van der Waals surface area contributed by atoms with Crippen LogP contribution in [-0.2, 0) is 14.3 Å². The molecule has 0 aliphatic carbocycles. The first-order chi connectivity index (χ1) is 13.6. The van der Waals surface area contributed by atoms with E-state index >= 15 is 0 Å². The Kier molecular flexibility index (Phi) is 18.8. The summed E-state index contributed by atoms with van der Waals surface area (Å²) in [5.41, 5.74) is 0. The van der Waals surface area contributed by atoms with Gasteiger partial charge in [-0.05, 0) is 6.42 Å². The third-order valence-electron chi connectivity index (χ3n) is 4.72. The highest BCUT2D eigenvalue weighted by Crippen LogP contribution is 2.12. The van der Waals surface area contributed by atoms with Gasteiger partial charge in [0.25, 0.3) is 0 Å². The van der Waals surface area contributed by atoms with Crippen LogP contribution in [0, 0.1) is 12.3 Å². The minimum Gasteiger partial charge on any atom is -0.464 e. The molecule has 0 spiro atoms. The van der Waals surface area contributed by atoms with Gasteiger partial charge in [-0.25, -0.2) is 4.79 Å². The van der Waals surface area contributed by atoms with Crippen LogP contribution in [0.25, 0.3) is 0 Å². The molecule has 0 N–H and O–H groups in total. The highest BCUT2D eigenvalue weighted by atomic mass is 16.6. The molecule has 162 valence electrons. The number of unbranched alkanes of at least 4 members (excludes halogenated alkanes) is 13. The van der Waals surface area contributed by atoms with Crippen LogP contribution in [0.15, 0.2) is 0 Å². The van der Waals surface area contributed by atoms with Crippen LogP contribution in [0.1, 0.15) is 96.8 Å². The molecule has 0 fully saturated rings. The number of amides is 1. The van der Waals surface area contributed by atoms with Crippen molar-refractivity contribution in [2.24, 2.45) is 0 Å². The number of hydrogen-bond donors (Lipinski definition) is 0. The third-order valence-corrected chi connectivity index (χ3v) is 4.72. The summed E-state index contributed by atoms with van der Waals surface area (Å²) in [6, 6.07) is 0. The van der Waals surface area contributed by atoms with E-state index in [9.17, 15) is 9.59 Å². The van der Waals surface area contributed by atoms with Crippen LogP contribution < -0.4 is 0 Å². The van der Waals surface area contributed by atoms with Crippen molar-refractivity contribution < 1.29 is 19.1 Å². The molecule has 5 heteroatoms. The number of hydrogen-bond acceptors (Lipinski definition) is 4. The van der Waals surface area contributed by atoms with E-state index < -0.39 is 12.1 Å². The summed E-state index contributed by atoms with van der Waals surface area (Å²) in [5, 5.41) is 0. The maximum atomic E-state index is 11.7. The zero-order chi connectivity index (χ0) is 20.9. The number of rotatable bonds is 18. The Labute approximate surface area is 172 Å². The molecule has 0 saturated carbocycles. The molecule has 5 nitrogen and oxygen atoms in total. The fraction of sp³-hybridized carbons (Fsp3) is 0.826. The minimum absolute atomic E-state index is 0.0999. The monoisotopic (exact) mass is 395 g/mol. The number of likely N-dealkylation sites (N-methyl/N-ethyl adjacent to an activating group) is 1. The van der Waals surface area contributed by atoms with Gasteiger partial charge in [0.15, 0.2) is 6.61 Å². The second kappa shape index (κ2) is 20.0. The van der Waals surface area contributed by atoms with Gasteiger partial charge in [-0.15, -0.1) is 6.42 Å². The first-order valence-corrected chi connectivity index (χ1v) is 11.1. The highest BCUT2D eigenvalue weighted by Gasteiger charge is 2.14. The van der Waals surface area contributed by atoms with Crippen molar-refractivity contribution in [1.29, 1.82) is 0 Å². The van der Waals surface area contributed by atoms with Gasteiger partial charge >= 0.3 is 12.1 Å². The van der Waals surface area contributed by atoms with E-state index in [0.717, 1.165) is 17.7 Å². The first-order valence-electron chi connectivity index (χ1n) is 11.1. The second-order valence-corrected chi connectivity index (χ2v) is 7.43. The Morgan fingerprint density at radius 3 is 1.71 bits per heavy atom. The van der Waals surface area contributed by atoms with Crippen molar-refractivity contribution in [2.75, 3.05) is 26.8 Å². The number of ether oxygens (including phenoxy) is 2. The Morgan fingerprint density at radius 2 is 1.25 bits per heavy atom. The van der Waals surface area contributed by atoms with E-state index in [2.05, 4.69) is 12.8 Å². The molecule has 0 saturated heterocycles. The van der Waals surface area contributed by atoms with E-state index in [1.807, 2.05) is 0 Å². The molecule has 0 rings (SSSR count). The average Bonchev–Trinajstić information content (AvgIpc) is 2.68. The van der Waals surface area contributed by atoms with E-state index in [0.29, 0.717) is 6.61 Å². The lowest BCUT2D eigenvalue weighted by Crippen LogP contribution is -2.33. The van der Waals surface area contributed by atoms with Gasteiger partial charge in [-0.2, -0.15) is 0 Å². The molecule has 0 aliphatic rings.